The van der Waals surface area contributed by atoms with Gasteiger partial charge in [0.15, 0.2) is 5.76 Å². The fourth-order valence-corrected chi connectivity index (χ4v) is 4.58. The Bertz CT molecular complexity index is 1230. The quantitative estimate of drug-likeness (QED) is 0.500. The number of piperidine rings is 1. The summed E-state index contributed by atoms with van der Waals surface area (Å²) in [6.45, 7) is 2.32. The number of amides is 2. The molecule has 2 fully saturated rings. The van der Waals surface area contributed by atoms with Crippen LogP contribution in [-0.2, 0) is 12.5 Å². The maximum Gasteiger partial charge on any atom is 0.318 e. The molecule has 3 aromatic rings. The Morgan fingerprint density at radius 1 is 1.25 bits per heavy atom. The van der Waals surface area contributed by atoms with Crippen molar-refractivity contribution in [3.63, 3.8) is 0 Å². The van der Waals surface area contributed by atoms with E-state index in [0.717, 1.165) is 39.2 Å². The number of benzene rings is 1. The average Bonchev–Trinajstić information content (AvgIpc) is 3.58. The number of alkyl halides is 2. The second kappa shape index (κ2) is 9.71. The fourth-order valence-electron chi connectivity index (χ4n) is 4.58. The van der Waals surface area contributed by atoms with E-state index < -0.39 is 5.92 Å². The lowest BCUT2D eigenvalue weighted by atomic mass is 10.0. The van der Waals surface area contributed by atoms with E-state index in [1.807, 2.05) is 9.80 Å². The minimum atomic E-state index is -2.95. The zero-order valence-electron chi connectivity index (χ0n) is 19.9. The zero-order valence-corrected chi connectivity index (χ0v) is 19.9. The van der Waals surface area contributed by atoms with Crippen LogP contribution >= 0.6 is 0 Å². The Morgan fingerprint density at radius 3 is 2.83 bits per heavy atom. The molecule has 9 nitrogen and oxygen atoms in total. The Morgan fingerprint density at radius 2 is 2.08 bits per heavy atom. The Balaban J connectivity index is 1.23. The van der Waals surface area contributed by atoms with Gasteiger partial charge in [-0.05, 0) is 31.7 Å². The van der Waals surface area contributed by atoms with Crippen molar-refractivity contribution in [2.45, 2.75) is 57.2 Å². The van der Waals surface area contributed by atoms with Crippen LogP contribution in [0.25, 0.3) is 11.3 Å². The van der Waals surface area contributed by atoms with Crippen molar-refractivity contribution >= 4 is 12.0 Å². The number of nitrogens with zero attached hydrogens (tertiary/aromatic N) is 5. The molecule has 0 unspecified atom stereocenters. The molecule has 36 heavy (non-hydrogen) atoms. The molecule has 0 spiro atoms. The van der Waals surface area contributed by atoms with Gasteiger partial charge >= 0.3 is 6.03 Å². The summed E-state index contributed by atoms with van der Waals surface area (Å²) in [6, 6.07) is 9.07. The van der Waals surface area contributed by atoms with Crippen molar-refractivity contribution in [1.82, 2.24) is 25.3 Å². The van der Waals surface area contributed by atoms with E-state index in [9.17, 15) is 18.7 Å². The van der Waals surface area contributed by atoms with Gasteiger partial charge in [-0.15, -0.1) is 0 Å². The topological polar surface area (TPSA) is 108 Å². The summed E-state index contributed by atoms with van der Waals surface area (Å²) in [5, 5.41) is 16.6. The molecule has 0 bridgehead atoms. The molecule has 1 aliphatic heterocycles. The molecule has 1 atom stereocenters. The first-order valence-corrected chi connectivity index (χ1v) is 12.1. The Kier molecular flexibility index (Phi) is 6.46. The third-order valence-electron chi connectivity index (χ3n) is 6.51. The third kappa shape index (κ3) is 5.39. The molecule has 0 radical (unpaired) electrons. The third-order valence-corrected chi connectivity index (χ3v) is 6.51. The van der Waals surface area contributed by atoms with E-state index in [2.05, 4.69) is 20.4 Å². The monoisotopic (exact) mass is 498 g/mol. The highest BCUT2D eigenvalue weighted by atomic mass is 19.3. The molecule has 3 heterocycles. The fraction of sp³-hybridized carbons (Fsp3) is 0.440. The smallest absolute Gasteiger partial charge is 0.318 e. The molecule has 2 aliphatic rings. The lowest BCUT2D eigenvalue weighted by Gasteiger charge is -2.39. The van der Waals surface area contributed by atoms with Crippen LogP contribution in [0.15, 0.2) is 47.1 Å². The van der Waals surface area contributed by atoms with Gasteiger partial charge in [-0.3, -0.25) is 0 Å². The number of carbonyl (C=O) groups is 1. The predicted octanol–water partition coefficient (Wildman–Crippen LogP) is 4.29. The van der Waals surface area contributed by atoms with E-state index in [4.69, 9.17) is 4.52 Å². The number of urea groups is 1. The van der Waals surface area contributed by atoms with Crippen molar-refractivity contribution < 1.29 is 23.2 Å². The first kappa shape index (κ1) is 24.0. The molecule has 2 amide bonds. The molecule has 190 valence electrons. The Hall–Kier alpha value is -3.76. The number of nitrogens with one attached hydrogen (secondary N) is 1. The molecule has 5 rings (SSSR count). The number of aromatic hydroxyl groups is 1. The summed E-state index contributed by atoms with van der Waals surface area (Å²) in [5.74, 6) is -2.15. The molecule has 1 aliphatic carbocycles. The van der Waals surface area contributed by atoms with E-state index in [-0.39, 0.29) is 36.1 Å². The maximum absolute atomic E-state index is 13.7. The molecule has 1 saturated carbocycles. The second-order valence-corrected chi connectivity index (χ2v) is 9.40. The lowest BCUT2D eigenvalue weighted by molar-refractivity contribution is 0.0175. The summed E-state index contributed by atoms with van der Waals surface area (Å²) in [5.41, 5.74) is 0.848. The van der Waals surface area contributed by atoms with Crippen molar-refractivity contribution in [3.05, 3.63) is 53.9 Å². The average molecular weight is 499 g/mol. The van der Waals surface area contributed by atoms with E-state index in [1.54, 1.807) is 18.2 Å². The van der Waals surface area contributed by atoms with Gasteiger partial charge in [-0.1, -0.05) is 23.4 Å². The van der Waals surface area contributed by atoms with Crippen LogP contribution in [0.4, 0.5) is 19.5 Å². The number of halogens is 2. The highest BCUT2D eigenvalue weighted by molar-refractivity contribution is 5.75. The summed E-state index contributed by atoms with van der Waals surface area (Å²) >= 11 is 0. The zero-order chi connectivity index (χ0) is 25.3. The number of hydrogen-bond acceptors (Lipinski definition) is 7. The van der Waals surface area contributed by atoms with Gasteiger partial charge in [0, 0.05) is 55.5 Å². The molecule has 2 N–H and O–H groups in total. The van der Waals surface area contributed by atoms with Crippen LogP contribution < -0.4 is 10.2 Å². The minimum Gasteiger partial charge on any atom is -0.493 e. The van der Waals surface area contributed by atoms with Gasteiger partial charge in [0.2, 0.25) is 11.8 Å². The summed E-state index contributed by atoms with van der Waals surface area (Å²) < 4.78 is 32.7. The summed E-state index contributed by atoms with van der Waals surface area (Å²) in [6.07, 6.45) is 5.17. The van der Waals surface area contributed by atoms with Crippen LogP contribution in [0.5, 0.6) is 5.88 Å². The number of rotatable bonds is 7. The predicted molar refractivity (Wildman–Crippen MR) is 128 cm³/mol. The second-order valence-electron chi connectivity index (χ2n) is 9.40. The van der Waals surface area contributed by atoms with Crippen LogP contribution in [0.1, 0.15) is 43.9 Å². The van der Waals surface area contributed by atoms with Crippen molar-refractivity contribution in [3.8, 4) is 17.1 Å². The first-order valence-electron chi connectivity index (χ1n) is 12.1. The standard InChI is InChI=1S/C25H28F2N6O3/c1-25(26,27)17-5-2-4-16(12-17)21-13-20(36-31-21)14-29-24(35)33(18-7-8-18)19-6-3-11-32(15-19)23-28-10-9-22(34)30-23/h2,4-5,9-10,12-13,18-19H,3,6-8,11,14-15H2,1H3,(H,29,35)(H,28,30,34)/t19-/m1/s1. The van der Waals surface area contributed by atoms with Gasteiger partial charge in [-0.2, -0.15) is 4.98 Å². The van der Waals surface area contributed by atoms with Crippen molar-refractivity contribution in [2.75, 3.05) is 18.0 Å². The SMILES string of the molecule is CC(F)(F)c1cccc(-c2cc(CNC(=O)N(C3CC3)[C@@H]3CCCN(c4nccc(O)n4)C3)on2)c1. The number of anilines is 1. The summed E-state index contributed by atoms with van der Waals surface area (Å²) in [7, 11) is 0. The van der Waals surface area contributed by atoms with Crippen LogP contribution in [0, 0.1) is 0 Å². The van der Waals surface area contributed by atoms with Gasteiger partial charge in [0.25, 0.3) is 5.92 Å². The van der Waals surface area contributed by atoms with Crippen molar-refractivity contribution in [1.29, 1.82) is 0 Å². The van der Waals surface area contributed by atoms with Gasteiger partial charge in [-0.25, -0.2) is 18.6 Å². The normalized spacial score (nSPS) is 18.2. The maximum atomic E-state index is 13.7. The molecular formula is C25H28F2N6O3. The largest absolute Gasteiger partial charge is 0.493 e. The number of hydrogen-bond donors (Lipinski definition) is 2. The number of aromatic nitrogens is 3. The van der Waals surface area contributed by atoms with Gasteiger partial charge in [0.1, 0.15) is 5.69 Å². The molecular weight excluding hydrogens is 470 g/mol. The number of carbonyl (C=O) groups excluding carboxylic acids is 1. The Labute approximate surface area is 207 Å². The van der Waals surface area contributed by atoms with Crippen molar-refractivity contribution in [2.24, 2.45) is 0 Å². The summed E-state index contributed by atoms with van der Waals surface area (Å²) in [4.78, 5) is 25.5. The molecule has 11 heteroatoms. The van der Waals surface area contributed by atoms with Crippen LogP contribution in [-0.4, -0.2) is 56.3 Å². The van der Waals surface area contributed by atoms with Gasteiger partial charge in [0.05, 0.1) is 12.6 Å². The highest BCUT2D eigenvalue weighted by Gasteiger charge is 2.39. The molecule has 1 saturated heterocycles. The van der Waals surface area contributed by atoms with Crippen LogP contribution in [0.3, 0.4) is 0 Å². The van der Waals surface area contributed by atoms with Gasteiger partial charge < -0.3 is 24.7 Å². The molecule has 2 aromatic heterocycles. The van der Waals surface area contributed by atoms with E-state index in [0.29, 0.717) is 29.5 Å². The van der Waals surface area contributed by atoms with Crippen LogP contribution in [0.2, 0.25) is 0 Å². The lowest BCUT2D eigenvalue weighted by Crippen LogP contribution is -2.54. The first-order chi connectivity index (χ1) is 17.3. The van der Waals surface area contributed by atoms with E-state index >= 15 is 0 Å². The van der Waals surface area contributed by atoms with E-state index in [1.165, 1.54) is 24.4 Å². The highest BCUT2D eigenvalue weighted by Crippen LogP contribution is 2.33. The minimum absolute atomic E-state index is 0.0130. The molecule has 1 aromatic carbocycles.